The number of hydrogen-bond donors (Lipinski definition) is 1. The minimum Gasteiger partial charge on any atom is -0.370 e. The van der Waals surface area contributed by atoms with E-state index in [-0.39, 0.29) is 6.04 Å². The Hall–Kier alpha value is -1.06. The number of anilines is 1. The summed E-state index contributed by atoms with van der Waals surface area (Å²) in [5.41, 5.74) is 8.83. The molecule has 1 aromatic rings. The van der Waals surface area contributed by atoms with Crippen LogP contribution in [0.4, 0.5) is 5.69 Å². The molecule has 108 valence electrons. The highest BCUT2D eigenvalue weighted by Gasteiger charge is 2.14. The Kier molecular flexibility index (Phi) is 6.89. The van der Waals surface area contributed by atoms with E-state index >= 15 is 0 Å². The molecule has 0 aliphatic carbocycles. The van der Waals surface area contributed by atoms with Crippen LogP contribution < -0.4 is 10.6 Å². The molecule has 2 N–H and O–H groups in total. The van der Waals surface area contributed by atoms with Gasteiger partial charge < -0.3 is 15.5 Å². The molecule has 3 heteroatoms. The Morgan fingerprint density at radius 1 is 1.05 bits per heavy atom. The molecule has 0 heterocycles. The van der Waals surface area contributed by atoms with Crippen molar-refractivity contribution >= 4 is 5.69 Å². The van der Waals surface area contributed by atoms with Gasteiger partial charge in [-0.05, 0) is 38.6 Å². The van der Waals surface area contributed by atoms with Crippen LogP contribution in [-0.4, -0.2) is 38.6 Å². The lowest BCUT2D eigenvalue weighted by atomic mass is 10.0. The molecule has 0 fully saturated rings. The van der Waals surface area contributed by atoms with Crippen molar-refractivity contribution in [1.82, 2.24) is 4.90 Å². The van der Waals surface area contributed by atoms with Gasteiger partial charge in [-0.2, -0.15) is 0 Å². The van der Waals surface area contributed by atoms with E-state index in [2.05, 4.69) is 62.0 Å². The predicted octanol–water partition coefficient (Wildman–Crippen LogP) is 2.87. The zero-order chi connectivity index (χ0) is 14.3. The molecule has 0 aromatic heterocycles. The summed E-state index contributed by atoms with van der Waals surface area (Å²) in [6, 6.07) is 8.71. The van der Waals surface area contributed by atoms with Gasteiger partial charge in [0.2, 0.25) is 0 Å². The van der Waals surface area contributed by atoms with Gasteiger partial charge in [-0.15, -0.1) is 0 Å². The second-order valence-electron chi connectivity index (χ2n) is 5.36. The molecule has 0 amide bonds. The lowest BCUT2D eigenvalue weighted by Gasteiger charge is -2.29. The lowest BCUT2D eigenvalue weighted by Crippen LogP contribution is -2.33. The molecular formula is C16H29N3. The normalized spacial score (nSPS) is 12.7. The quantitative estimate of drug-likeness (QED) is 0.783. The topological polar surface area (TPSA) is 32.5 Å². The zero-order valence-electron chi connectivity index (χ0n) is 12.9. The third-order valence-electron chi connectivity index (χ3n) is 3.43. The maximum atomic E-state index is 6.25. The van der Waals surface area contributed by atoms with Gasteiger partial charge in [0.05, 0.1) is 0 Å². The number of benzene rings is 1. The summed E-state index contributed by atoms with van der Waals surface area (Å²) in [6.45, 7) is 7.57. The first kappa shape index (κ1) is 16.0. The Bertz CT molecular complexity index is 363. The number of rotatable bonds is 8. The van der Waals surface area contributed by atoms with Crippen LogP contribution in [0.1, 0.15) is 38.3 Å². The van der Waals surface area contributed by atoms with Crippen molar-refractivity contribution in [3.8, 4) is 0 Å². The third kappa shape index (κ3) is 4.84. The molecule has 1 unspecified atom stereocenters. The molecule has 1 rings (SSSR count). The lowest BCUT2D eigenvalue weighted by molar-refractivity contribution is 0.412. The average Bonchev–Trinajstić information content (AvgIpc) is 2.42. The van der Waals surface area contributed by atoms with Crippen LogP contribution in [0.2, 0.25) is 0 Å². The molecule has 0 saturated carbocycles. The Labute approximate surface area is 118 Å². The van der Waals surface area contributed by atoms with Gasteiger partial charge in [-0.3, -0.25) is 0 Å². The van der Waals surface area contributed by atoms with E-state index in [0.717, 1.165) is 32.5 Å². The summed E-state index contributed by atoms with van der Waals surface area (Å²) in [4.78, 5) is 4.69. The monoisotopic (exact) mass is 263 g/mol. The van der Waals surface area contributed by atoms with E-state index in [1.54, 1.807) is 0 Å². The Morgan fingerprint density at radius 2 is 1.74 bits per heavy atom. The van der Waals surface area contributed by atoms with Crippen LogP contribution in [-0.2, 0) is 0 Å². The fourth-order valence-corrected chi connectivity index (χ4v) is 2.25. The number of nitrogens with zero attached hydrogens (tertiary/aromatic N) is 2. The van der Waals surface area contributed by atoms with E-state index in [9.17, 15) is 0 Å². The van der Waals surface area contributed by atoms with E-state index in [4.69, 9.17) is 5.73 Å². The maximum absolute atomic E-state index is 6.25. The van der Waals surface area contributed by atoms with Crippen LogP contribution in [0.3, 0.4) is 0 Å². The van der Waals surface area contributed by atoms with Gasteiger partial charge in [0.1, 0.15) is 0 Å². The summed E-state index contributed by atoms with van der Waals surface area (Å²) >= 11 is 0. The fraction of sp³-hybridized carbons (Fsp3) is 0.625. The molecule has 0 bridgehead atoms. The fourth-order valence-electron chi connectivity index (χ4n) is 2.25. The van der Waals surface area contributed by atoms with Crippen LogP contribution in [0.25, 0.3) is 0 Å². The maximum Gasteiger partial charge on any atom is 0.0415 e. The van der Waals surface area contributed by atoms with Gasteiger partial charge in [-0.1, -0.05) is 32.0 Å². The predicted molar refractivity (Wildman–Crippen MR) is 84.7 cm³/mol. The smallest absolute Gasteiger partial charge is 0.0415 e. The molecule has 0 spiro atoms. The van der Waals surface area contributed by atoms with Crippen molar-refractivity contribution in [2.75, 3.05) is 38.6 Å². The molecule has 0 aliphatic rings. The molecule has 1 aromatic carbocycles. The molecule has 0 radical (unpaired) electrons. The van der Waals surface area contributed by atoms with Crippen molar-refractivity contribution in [2.45, 2.75) is 32.7 Å². The molecule has 3 nitrogen and oxygen atoms in total. The third-order valence-corrected chi connectivity index (χ3v) is 3.43. The second kappa shape index (κ2) is 8.18. The summed E-state index contributed by atoms with van der Waals surface area (Å²) in [5, 5.41) is 0. The minimum absolute atomic E-state index is 0.134. The summed E-state index contributed by atoms with van der Waals surface area (Å²) in [6.07, 6.45) is 2.13. The highest BCUT2D eigenvalue weighted by atomic mass is 15.2. The number of hydrogen-bond acceptors (Lipinski definition) is 3. The van der Waals surface area contributed by atoms with Crippen LogP contribution >= 0.6 is 0 Å². The second-order valence-corrected chi connectivity index (χ2v) is 5.36. The average molecular weight is 263 g/mol. The summed E-state index contributed by atoms with van der Waals surface area (Å²) < 4.78 is 0. The standard InChI is InChI=1S/C16H29N3/c1-5-11-19(13-12-18(3)4)16-10-8-7-9-14(16)15(17)6-2/h7-10,15H,5-6,11-13,17H2,1-4H3. The first-order valence-corrected chi connectivity index (χ1v) is 7.34. The first-order valence-electron chi connectivity index (χ1n) is 7.34. The summed E-state index contributed by atoms with van der Waals surface area (Å²) in [5.74, 6) is 0. The highest BCUT2D eigenvalue weighted by molar-refractivity contribution is 5.55. The molecule has 0 aliphatic heterocycles. The molecule has 19 heavy (non-hydrogen) atoms. The van der Waals surface area contributed by atoms with E-state index in [1.165, 1.54) is 11.3 Å². The van der Waals surface area contributed by atoms with Gasteiger partial charge in [0.15, 0.2) is 0 Å². The van der Waals surface area contributed by atoms with E-state index in [0.29, 0.717) is 0 Å². The molecular weight excluding hydrogens is 234 g/mol. The van der Waals surface area contributed by atoms with Crippen molar-refractivity contribution in [1.29, 1.82) is 0 Å². The van der Waals surface area contributed by atoms with Gasteiger partial charge in [0.25, 0.3) is 0 Å². The number of nitrogens with two attached hydrogens (primary N) is 1. The first-order chi connectivity index (χ1) is 9.10. The summed E-state index contributed by atoms with van der Waals surface area (Å²) in [7, 11) is 4.24. The Morgan fingerprint density at radius 3 is 2.32 bits per heavy atom. The Balaban J connectivity index is 2.94. The van der Waals surface area contributed by atoms with Gasteiger partial charge in [0, 0.05) is 31.4 Å². The van der Waals surface area contributed by atoms with Crippen LogP contribution in [0.15, 0.2) is 24.3 Å². The number of likely N-dealkylation sites (N-methyl/N-ethyl adjacent to an activating group) is 1. The van der Waals surface area contributed by atoms with E-state index in [1.807, 2.05) is 0 Å². The van der Waals surface area contributed by atoms with Crippen LogP contribution in [0, 0.1) is 0 Å². The molecule has 0 saturated heterocycles. The van der Waals surface area contributed by atoms with Crippen molar-refractivity contribution in [2.24, 2.45) is 5.73 Å². The van der Waals surface area contributed by atoms with Crippen molar-refractivity contribution < 1.29 is 0 Å². The van der Waals surface area contributed by atoms with Crippen molar-refractivity contribution in [3.63, 3.8) is 0 Å². The van der Waals surface area contributed by atoms with E-state index < -0.39 is 0 Å². The SMILES string of the molecule is CCCN(CCN(C)C)c1ccccc1C(N)CC. The zero-order valence-corrected chi connectivity index (χ0v) is 12.9. The number of para-hydroxylation sites is 1. The van der Waals surface area contributed by atoms with Gasteiger partial charge in [-0.25, -0.2) is 0 Å². The largest absolute Gasteiger partial charge is 0.370 e. The van der Waals surface area contributed by atoms with Crippen LogP contribution in [0.5, 0.6) is 0 Å². The highest BCUT2D eigenvalue weighted by Crippen LogP contribution is 2.26. The van der Waals surface area contributed by atoms with Crippen molar-refractivity contribution in [3.05, 3.63) is 29.8 Å². The van der Waals surface area contributed by atoms with Gasteiger partial charge >= 0.3 is 0 Å². The molecule has 1 atom stereocenters. The minimum atomic E-state index is 0.134.